The molecule has 16 heavy (non-hydrogen) atoms. The first-order valence-electron chi connectivity index (χ1n) is 4.92. The lowest BCUT2D eigenvalue weighted by Gasteiger charge is -2.03. The average molecular weight is 219 g/mol. The number of carbonyl (C=O) groups is 1. The summed E-state index contributed by atoms with van der Waals surface area (Å²) < 4.78 is 1.65. The van der Waals surface area contributed by atoms with Gasteiger partial charge in [0.2, 0.25) is 0 Å². The monoisotopic (exact) mass is 219 g/mol. The van der Waals surface area contributed by atoms with Gasteiger partial charge in [-0.1, -0.05) is 0 Å². The number of nitrogens with zero attached hydrogens (tertiary/aromatic N) is 3. The number of nitrogens with one attached hydrogen (secondary N) is 2. The predicted molar refractivity (Wildman–Crippen MR) is 58.6 cm³/mol. The molecule has 2 rings (SSSR count). The first-order valence-corrected chi connectivity index (χ1v) is 4.92. The van der Waals surface area contributed by atoms with Crippen molar-refractivity contribution >= 4 is 5.91 Å². The lowest BCUT2D eigenvalue weighted by atomic mass is 10.4. The second-order valence-electron chi connectivity index (χ2n) is 3.52. The van der Waals surface area contributed by atoms with Gasteiger partial charge < -0.3 is 10.3 Å². The minimum absolute atomic E-state index is 0.208. The highest BCUT2D eigenvalue weighted by molar-refractivity contribution is 5.95. The van der Waals surface area contributed by atoms with E-state index in [1.54, 1.807) is 11.7 Å². The van der Waals surface area contributed by atoms with Crippen molar-refractivity contribution in [1.29, 1.82) is 0 Å². The minimum Gasteiger partial charge on any atom is -0.354 e. The zero-order valence-electron chi connectivity index (χ0n) is 9.40. The smallest absolute Gasteiger partial charge is 0.271 e. The zero-order chi connectivity index (χ0) is 11.7. The third-order valence-electron chi connectivity index (χ3n) is 2.28. The number of H-pyrrole nitrogens is 1. The number of rotatable bonds is 2. The molecule has 0 saturated carbocycles. The summed E-state index contributed by atoms with van der Waals surface area (Å²) in [5.41, 5.74) is 2.24. The van der Waals surface area contributed by atoms with Crippen LogP contribution in [0.15, 0.2) is 12.4 Å². The van der Waals surface area contributed by atoms with Crippen LogP contribution in [0.2, 0.25) is 0 Å². The fourth-order valence-electron chi connectivity index (χ4n) is 1.58. The van der Waals surface area contributed by atoms with Gasteiger partial charge in [0.15, 0.2) is 11.5 Å². The number of imidazole rings is 1. The van der Waals surface area contributed by atoms with Crippen molar-refractivity contribution in [2.75, 3.05) is 7.05 Å². The molecule has 6 heteroatoms. The number of aromatic amines is 1. The number of hydrogen-bond donors (Lipinski definition) is 2. The van der Waals surface area contributed by atoms with Crippen molar-refractivity contribution < 1.29 is 4.79 Å². The summed E-state index contributed by atoms with van der Waals surface area (Å²) in [6, 6.07) is 1.93. The normalized spacial score (nSPS) is 10.4. The lowest BCUT2D eigenvalue weighted by Crippen LogP contribution is -2.20. The quantitative estimate of drug-likeness (QED) is 0.775. The molecule has 0 spiro atoms. The molecule has 1 amide bonds. The van der Waals surface area contributed by atoms with Crippen LogP contribution in [-0.4, -0.2) is 32.7 Å². The van der Waals surface area contributed by atoms with Crippen molar-refractivity contribution in [3.05, 3.63) is 29.5 Å². The Balaban J connectivity index is 2.52. The first-order chi connectivity index (χ1) is 7.63. The molecule has 0 aliphatic rings. The number of aromatic nitrogens is 4. The summed E-state index contributed by atoms with van der Waals surface area (Å²) in [6.45, 7) is 3.82. The SMILES string of the molecule is CNC(=O)c1[nH]cnc1-n1nc(C)cc1C. The molecule has 0 fully saturated rings. The summed E-state index contributed by atoms with van der Waals surface area (Å²) >= 11 is 0. The van der Waals surface area contributed by atoms with Crippen LogP contribution < -0.4 is 5.32 Å². The van der Waals surface area contributed by atoms with E-state index >= 15 is 0 Å². The summed E-state index contributed by atoms with van der Waals surface area (Å²) in [5, 5.41) is 6.84. The molecule has 2 aromatic rings. The molecule has 0 unspecified atom stereocenters. The highest BCUT2D eigenvalue weighted by Gasteiger charge is 2.16. The number of hydrogen-bond acceptors (Lipinski definition) is 3. The van der Waals surface area contributed by atoms with E-state index in [1.807, 2.05) is 19.9 Å². The van der Waals surface area contributed by atoms with Crippen LogP contribution in [0.3, 0.4) is 0 Å². The van der Waals surface area contributed by atoms with Gasteiger partial charge in [0, 0.05) is 12.7 Å². The Bertz CT molecular complexity index is 525. The predicted octanol–water partition coefficient (Wildman–Crippen LogP) is 0.572. The number of aryl methyl sites for hydroxylation is 2. The van der Waals surface area contributed by atoms with Crippen LogP contribution in [-0.2, 0) is 0 Å². The van der Waals surface area contributed by atoms with Gasteiger partial charge in [-0.3, -0.25) is 4.79 Å². The second kappa shape index (κ2) is 3.80. The molecular formula is C10H13N5O. The van der Waals surface area contributed by atoms with Crippen LogP contribution in [0.25, 0.3) is 5.82 Å². The minimum atomic E-state index is -0.208. The Morgan fingerprint density at radius 2 is 2.25 bits per heavy atom. The van der Waals surface area contributed by atoms with E-state index in [0.29, 0.717) is 11.5 Å². The van der Waals surface area contributed by atoms with Crippen molar-refractivity contribution in [3.63, 3.8) is 0 Å². The van der Waals surface area contributed by atoms with Gasteiger partial charge >= 0.3 is 0 Å². The van der Waals surface area contributed by atoms with Gasteiger partial charge in [-0.25, -0.2) is 9.67 Å². The third kappa shape index (κ3) is 1.58. The number of carbonyl (C=O) groups excluding carboxylic acids is 1. The van der Waals surface area contributed by atoms with Crippen molar-refractivity contribution in [1.82, 2.24) is 25.1 Å². The van der Waals surface area contributed by atoms with Gasteiger partial charge in [-0.05, 0) is 19.9 Å². The van der Waals surface area contributed by atoms with E-state index in [2.05, 4.69) is 20.4 Å². The average Bonchev–Trinajstić information content (AvgIpc) is 2.83. The maximum atomic E-state index is 11.6. The molecule has 0 aliphatic heterocycles. The Labute approximate surface area is 92.7 Å². The summed E-state index contributed by atoms with van der Waals surface area (Å²) in [5.74, 6) is 0.310. The van der Waals surface area contributed by atoms with Gasteiger partial charge in [0.1, 0.15) is 0 Å². The molecule has 0 saturated heterocycles. The highest BCUT2D eigenvalue weighted by Crippen LogP contribution is 2.12. The maximum absolute atomic E-state index is 11.6. The van der Waals surface area contributed by atoms with Gasteiger partial charge in [0.05, 0.1) is 12.0 Å². The molecule has 0 bridgehead atoms. The zero-order valence-corrected chi connectivity index (χ0v) is 9.40. The van der Waals surface area contributed by atoms with Crippen LogP contribution in [0.1, 0.15) is 21.9 Å². The van der Waals surface area contributed by atoms with Gasteiger partial charge in [-0.15, -0.1) is 0 Å². The molecule has 84 valence electrons. The van der Waals surface area contributed by atoms with Gasteiger partial charge in [-0.2, -0.15) is 5.10 Å². The molecular weight excluding hydrogens is 206 g/mol. The van der Waals surface area contributed by atoms with Crippen molar-refractivity contribution in [2.45, 2.75) is 13.8 Å². The van der Waals surface area contributed by atoms with E-state index in [0.717, 1.165) is 11.4 Å². The molecule has 0 radical (unpaired) electrons. The molecule has 2 aromatic heterocycles. The number of amides is 1. The molecule has 2 heterocycles. The Hall–Kier alpha value is -2.11. The second-order valence-corrected chi connectivity index (χ2v) is 3.52. The summed E-state index contributed by atoms with van der Waals surface area (Å²) in [7, 11) is 1.58. The largest absolute Gasteiger partial charge is 0.354 e. The molecule has 0 aromatic carbocycles. The summed E-state index contributed by atoms with van der Waals surface area (Å²) in [6.07, 6.45) is 1.48. The summed E-state index contributed by atoms with van der Waals surface area (Å²) in [4.78, 5) is 18.5. The fraction of sp³-hybridized carbons (Fsp3) is 0.300. The van der Waals surface area contributed by atoms with Crippen LogP contribution in [0.4, 0.5) is 0 Å². The molecule has 6 nitrogen and oxygen atoms in total. The fourth-order valence-corrected chi connectivity index (χ4v) is 1.58. The Morgan fingerprint density at radius 1 is 1.50 bits per heavy atom. The van der Waals surface area contributed by atoms with E-state index in [9.17, 15) is 4.79 Å². The Kier molecular flexibility index (Phi) is 2.47. The topological polar surface area (TPSA) is 75.6 Å². The van der Waals surface area contributed by atoms with Gasteiger partial charge in [0.25, 0.3) is 5.91 Å². The highest BCUT2D eigenvalue weighted by atomic mass is 16.1. The van der Waals surface area contributed by atoms with Crippen molar-refractivity contribution in [2.24, 2.45) is 0 Å². The van der Waals surface area contributed by atoms with E-state index in [-0.39, 0.29) is 5.91 Å². The van der Waals surface area contributed by atoms with Crippen molar-refractivity contribution in [3.8, 4) is 5.82 Å². The maximum Gasteiger partial charge on any atom is 0.271 e. The standard InChI is InChI=1S/C10H13N5O/c1-6-4-7(2)15(14-6)9-8(10(16)11-3)12-5-13-9/h4-5H,1-3H3,(H,11,16)(H,12,13). The van der Waals surface area contributed by atoms with Crippen LogP contribution in [0.5, 0.6) is 0 Å². The first kappa shape index (κ1) is 10.4. The molecule has 0 atom stereocenters. The molecule has 2 N–H and O–H groups in total. The lowest BCUT2D eigenvalue weighted by molar-refractivity contribution is 0.0958. The molecule has 0 aliphatic carbocycles. The van der Waals surface area contributed by atoms with Crippen LogP contribution >= 0.6 is 0 Å². The third-order valence-corrected chi connectivity index (χ3v) is 2.28. The van der Waals surface area contributed by atoms with E-state index < -0.39 is 0 Å². The van der Waals surface area contributed by atoms with E-state index in [1.165, 1.54) is 6.33 Å². The van der Waals surface area contributed by atoms with Crippen LogP contribution in [0, 0.1) is 13.8 Å². The van der Waals surface area contributed by atoms with E-state index in [4.69, 9.17) is 0 Å². The Morgan fingerprint density at radius 3 is 2.81 bits per heavy atom.